The number of fused-ring (bicyclic) bond motifs is 4. The number of carbonyl (C=O) groups is 3. The maximum atomic E-state index is 13.2. The Morgan fingerprint density at radius 1 is 0.962 bits per heavy atom. The first-order valence-electron chi connectivity index (χ1n) is 8.68. The standard InChI is InChI=1S/C20H17N3O3/c24-17-13-10-21-20(14-8-4-5-9-15(14)22-19(20)26)16(13)18(25)23(17)11-12-6-2-1-3-7-12/h1-9,13,16,21H,10-11H2,(H,22,26)/t13-,16-,20+/m0/s1. The van der Waals surface area contributed by atoms with Gasteiger partial charge >= 0.3 is 0 Å². The topological polar surface area (TPSA) is 78.5 Å². The highest BCUT2D eigenvalue weighted by molar-refractivity contribution is 6.14. The third-order valence-electron chi connectivity index (χ3n) is 5.73. The lowest BCUT2D eigenvalue weighted by molar-refractivity contribution is -0.143. The molecule has 5 rings (SSSR count). The van der Waals surface area contributed by atoms with Crippen molar-refractivity contribution in [1.29, 1.82) is 0 Å². The maximum absolute atomic E-state index is 13.2. The van der Waals surface area contributed by atoms with Gasteiger partial charge in [0.25, 0.3) is 0 Å². The van der Waals surface area contributed by atoms with Crippen molar-refractivity contribution in [2.24, 2.45) is 11.8 Å². The molecule has 3 aliphatic rings. The van der Waals surface area contributed by atoms with Crippen LogP contribution in [0.4, 0.5) is 5.69 Å². The van der Waals surface area contributed by atoms with Gasteiger partial charge in [0.2, 0.25) is 17.7 Å². The van der Waals surface area contributed by atoms with Gasteiger partial charge in [0.05, 0.1) is 18.4 Å². The Morgan fingerprint density at radius 3 is 2.50 bits per heavy atom. The summed E-state index contributed by atoms with van der Waals surface area (Å²) in [6.07, 6.45) is 0. The first kappa shape index (κ1) is 15.3. The Bertz CT molecular complexity index is 942. The monoisotopic (exact) mass is 347 g/mol. The van der Waals surface area contributed by atoms with Gasteiger partial charge in [0.1, 0.15) is 5.54 Å². The van der Waals surface area contributed by atoms with E-state index in [0.717, 1.165) is 11.1 Å². The van der Waals surface area contributed by atoms with Gasteiger partial charge in [-0.3, -0.25) is 24.6 Å². The van der Waals surface area contributed by atoms with Gasteiger partial charge in [0, 0.05) is 17.8 Å². The fourth-order valence-electron chi connectivity index (χ4n) is 4.55. The minimum atomic E-state index is -1.15. The molecule has 0 saturated carbocycles. The van der Waals surface area contributed by atoms with Crippen LogP contribution >= 0.6 is 0 Å². The highest BCUT2D eigenvalue weighted by atomic mass is 16.2. The zero-order valence-electron chi connectivity index (χ0n) is 13.9. The summed E-state index contributed by atoms with van der Waals surface area (Å²) in [6, 6.07) is 16.8. The van der Waals surface area contributed by atoms with Crippen LogP contribution < -0.4 is 10.6 Å². The number of hydrogen-bond donors (Lipinski definition) is 2. The van der Waals surface area contributed by atoms with Crippen LogP contribution in [0.2, 0.25) is 0 Å². The van der Waals surface area contributed by atoms with Crippen molar-refractivity contribution in [2.75, 3.05) is 11.9 Å². The second-order valence-corrected chi connectivity index (χ2v) is 7.02. The van der Waals surface area contributed by atoms with Crippen molar-refractivity contribution in [3.05, 3.63) is 65.7 Å². The van der Waals surface area contributed by atoms with E-state index in [2.05, 4.69) is 10.6 Å². The Labute approximate surface area is 150 Å². The predicted octanol–water partition coefficient (Wildman–Crippen LogP) is 1.24. The van der Waals surface area contributed by atoms with Crippen LogP contribution in [0, 0.1) is 11.8 Å². The molecular weight excluding hydrogens is 330 g/mol. The van der Waals surface area contributed by atoms with Crippen LogP contribution in [0.25, 0.3) is 0 Å². The zero-order valence-corrected chi connectivity index (χ0v) is 13.9. The van der Waals surface area contributed by atoms with Gasteiger partial charge in [-0.25, -0.2) is 0 Å². The lowest BCUT2D eigenvalue weighted by Crippen LogP contribution is -2.51. The van der Waals surface area contributed by atoms with Crippen LogP contribution in [-0.4, -0.2) is 29.2 Å². The number of anilines is 1. The van der Waals surface area contributed by atoms with Crippen LogP contribution in [0.5, 0.6) is 0 Å². The number of likely N-dealkylation sites (tertiary alicyclic amines) is 1. The van der Waals surface area contributed by atoms with E-state index in [1.807, 2.05) is 54.6 Å². The molecule has 2 saturated heterocycles. The van der Waals surface area contributed by atoms with Crippen LogP contribution in [0.3, 0.4) is 0 Å². The summed E-state index contributed by atoms with van der Waals surface area (Å²) in [5.41, 5.74) is 1.19. The lowest BCUT2D eigenvalue weighted by atomic mass is 9.77. The van der Waals surface area contributed by atoms with E-state index in [4.69, 9.17) is 0 Å². The predicted molar refractivity (Wildman–Crippen MR) is 93.7 cm³/mol. The third kappa shape index (κ3) is 1.82. The lowest BCUT2D eigenvalue weighted by Gasteiger charge is -2.28. The molecule has 1 spiro atoms. The van der Waals surface area contributed by atoms with E-state index in [-0.39, 0.29) is 24.3 Å². The molecule has 6 heteroatoms. The highest BCUT2D eigenvalue weighted by Crippen LogP contribution is 2.50. The van der Waals surface area contributed by atoms with E-state index < -0.39 is 17.4 Å². The van der Waals surface area contributed by atoms with Crippen molar-refractivity contribution >= 4 is 23.4 Å². The Morgan fingerprint density at radius 2 is 1.69 bits per heavy atom. The fraction of sp³-hybridized carbons (Fsp3) is 0.250. The molecule has 3 heterocycles. The Hall–Kier alpha value is -2.99. The van der Waals surface area contributed by atoms with Crippen molar-refractivity contribution in [3.63, 3.8) is 0 Å². The molecule has 0 unspecified atom stereocenters. The number of imide groups is 1. The van der Waals surface area contributed by atoms with E-state index in [0.29, 0.717) is 12.2 Å². The van der Waals surface area contributed by atoms with Gasteiger partial charge in [0.15, 0.2) is 0 Å². The molecule has 3 aliphatic heterocycles. The smallest absolute Gasteiger partial charge is 0.250 e. The van der Waals surface area contributed by atoms with Gasteiger partial charge in [-0.2, -0.15) is 0 Å². The first-order valence-corrected chi connectivity index (χ1v) is 8.68. The number of nitrogens with zero attached hydrogens (tertiary/aromatic N) is 1. The number of amides is 3. The molecule has 0 radical (unpaired) electrons. The second-order valence-electron chi connectivity index (χ2n) is 7.02. The molecule has 2 aromatic rings. The molecule has 6 nitrogen and oxygen atoms in total. The van der Waals surface area contributed by atoms with Gasteiger partial charge in [-0.1, -0.05) is 48.5 Å². The average molecular weight is 347 g/mol. The van der Waals surface area contributed by atoms with Crippen molar-refractivity contribution in [1.82, 2.24) is 10.2 Å². The minimum absolute atomic E-state index is 0.203. The second kappa shape index (κ2) is 5.25. The molecule has 26 heavy (non-hydrogen) atoms. The van der Waals surface area contributed by atoms with Gasteiger partial charge < -0.3 is 5.32 Å². The number of benzene rings is 2. The summed E-state index contributed by atoms with van der Waals surface area (Å²) < 4.78 is 0. The van der Waals surface area contributed by atoms with Crippen molar-refractivity contribution < 1.29 is 14.4 Å². The summed E-state index contributed by atoms with van der Waals surface area (Å²) in [5.74, 6) is -1.95. The summed E-state index contributed by atoms with van der Waals surface area (Å²) in [5, 5.41) is 6.06. The molecule has 2 aromatic carbocycles. The average Bonchev–Trinajstić information content (AvgIpc) is 3.26. The number of nitrogens with one attached hydrogen (secondary N) is 2. The van der Waals surface area contributed by atoms with E-state index in [9.17, 15) is 14.4 Å². The molecule has 3 atom stereocenters. The number of para-hydroxylation sites is 1. The normalized spacial score (nSPS) is 29.2. The zero-order chi connectivity index (χ0) is 17.9. The molecule has 0 aliphatic carbocycles. The molecule has 2 fully saturated rings. The van der Waals surface area contributed by atoms with Gasteiger partial charge in [-0.15, -0.1) is 0 Å². The van der Waals surface area contributed by atoms with Crippen molar-refractivity contribution in [2.45, 2.75) is 12.1 Å². The SMILES string of the molecule is O=C1[C@H]2CN[C@@]3(C(=O)Nc4ccccc43)[C@@H]2C(=O)N1Cc1ccccc1. The fourth-order valence-corrected chi connectivity index (χ4v) is 4.55. The van der Waals surface area contributed by atoms with E-state index >= 15 is 0 Å². The molecule has 0 bridgehead atoms. The first-order chi connectivity index (χ1) is 12.6. The molecular formula is C20H17N3O3. The maximum Gasteiger partial charge on any atom is 0.250 e. The number of hydrogen-bond acceptors (Lipinski definition) is 4. The minimum Gasteiger partial charge on any atom is -0.324 e. The number of carbonyl (C=O) groups excluding carboxylic acids is 3. The van der Waals surface area contributed by atoms with E-state index in [1.54, 1.807) is 0 Å². The Kier molecular flexibility index (Phi) is 3.09. The van der Waals surface area contributed by atoms with Crippen LogP contribution in [0.15, 0.2) is 54.6 Å². The van der Waals surface area contributed by atoms with Crippen LogP contribution in [-0.2, 0) is 26.5 Å². The third-order valence-corrected chi connectivity index (χ3v) is 5.73. The molecule has 0 aromatic heterocycles. The molecule has 3 amide bonds. The molecule has 130 valence electrons. The quantitative estimate of drug-likeness (QED) is 0.801. The van der Waals surface area contributed by atoms with Crippen LogP contribution in [0.1, 0.15) is 11.1 Å². The number of rotatable bonds is 2. The highest BCUT2D eigenvalue weighted by Gasteiger charge is 2.67. The Balaban J connectivity index is 1.55. The molecule has 2 N–H and O–H groups in total. The van der Waals surface area contributed by atoms with Crippen molar-refractivity contribution in [3.8, 4) is 0 Å². The summed E-state index contributed by atoms with van der Waals surface area (Å²) in [6.45, 7) is 0.563. The summed E-state index contributed by atoms with van der Waals surface area (Å²) in [7, 11) is 0. The van der Waals surface area contributed by atoms with Gasteiger partial charge in [-0.05, 0) is 11.6 Å². The largest absolute Gasteiger partial charge is 0.324 e. The van der Waals surface area contributed by atoms with E-state index in [1.165, 1.54) is 4.90 Å². The summed E-state index contributed by atoms with van der Waals surface area (Å²) in [4.78, 5) is 40.3. The summed E-state index contributed by atoms with van der Waals surface area (Å²) >= 11 is 0.